The highest BCUT2D eigenvalue weighted by molar-refractivity contribution is 5.97. The van der Waals surface area contributed by atoms with Crippen molar-refractivity contribution in [2.75, 3.05) is 0 Å². The molecule has 0 saturated carbocycles. The van der Waals surface area contributed by atoms with Gasteiger partial charge in [0.2, 0.25) is 5.88 Å². The number of benzene rings is 4. The van der Waals surface area contributed by atoms with Crippen molar-refractivity contribution in [1.82, 2.24) is 15.1 Å². The zero-order chi connectivity index (χ0) is 24.5. The molecule has 0 fully saturated rings. The van der Waals surface area contributed by atoms with Gasteiger partial charge in [-0.25, -0.2) is 0 Å². The zero-order valence-corrected chi connectivity index (χ0v) is 19.5. The Morgan fingerprint density at radius 1 is 0.917 bits per heavy atom. The molecule has 1 aliphatic carbocycles. The summed E-state index contributed by atoms with van der Waals surface area (Å²) in [6.45, 7) is 0.604. The summed E-state index contributed by atoms with van der Waals surface area (Å²) in [5.41, 5.74) is 4.39. The van der Waals surface area contributed by atoms with Gasteiger partial charge in [0.25, 0.3) is 5.91 Å². The van der Waals surface area contributed by atoms with E-state index in [9.17, 15) is 9.90 Å². The first-order valence-electron chi connectivity index (χ1n) is 12.0. The molecule has 1 heterocycles. The Balaban J connectivity index is 1.27. The highest BCUT2D eigenvalue weighted by atomic mass is 16.5. The smallest absolute Gasteiger partial charge is 0.255 e. The number of carbonyl (C=O) groups is 1. The van der Waals surface area contributed by atoms with Crippen molar-refractivity contribution < 1.29 is 14.6 Å². The fraction of sp³-hybridized carbons (Fsp3) is 0.133. The Bertz CT molecular complexity index is 1540. The first kappa shape index (κ1) is 22.1. The molecule has 0 spiro atoms. The molecule has 0 radical (unpaired) electrons. The Hall–Kier alpha value is -4.42. The van der Waals surface area contributed by atoms with E-state index in [-0.39, 0.29) is 5.91 Å². The van der Waals surface area contributed by atoms with Gasteiger partial charge in [-0.05, 0) is 47.4 Å². The predicted molar refractivity (Wildman–Crippen MR) is 138 cm³/mol. The lowest BCUT2D eigenvalue weighted by atomic mass is 10.1. The third-order valence-corrected chi connectivity index (χ3v) is 6.65. The summed E-state index contributed by atoms with van der Waals surface area (Å²) in [4.78, 5) is 13.3. The lowest BCUT2D eigenvalue weighted by Crippen LogP contribution is -2.37. The molecule has 178 valence electrons. The number of aliphatic hydroxyl groups excluding tert-OH is 1. The van der Waals surface area contributed by atoms with Gasteiger partial charge in [0.15, 0.2) is 0 Å². The van der Waals surface area contributed by atoms with E-state index in [0.717, 1.165) is 27.6 Å². The number of ether oxygens (including phenoxy) is 1. The summed E-state index contributed by atoms with van der Waals surface area (Å²) in [6, 6.07) is 32.5. The highest BCUT2D eigenvalue weighted by Crippen LogP contribution is 2.33. The molecule has 5 aromatic rings. The van der Waals surface area contributed by atoms with Crippen molar-refractivity contribution in [3.05, 3.63) is 125 Å². The Labute approximate surface area is 208 Å². The van der Waals surface area contributed by atoms with Gasteiger partial charge in [0.05, 0.1) is 35.2 Å². The fourth-order valence-electron chi connectivity index (χ4n) is 4.85. The molecule has 0 saturated heterocycles. The van der Waals surface area contributed by atoms with Gasteiger partial charge in [0, 0.05) is 0 Å². The Morgan fingerprint density at radius 2 is 1.64 bits per heavy atom. The molecule has 1 aliphatic rings. The van der Waals surface area contributed by atoms with Crippen LogP contribution >= 0.6 is 0 Å². The summed E-state index contributed by atoms with van der Waals surface area (Å²) in [6.07, 6.45) is -0.156. The van der Waals surface area contributed by atoms with Crippen molar-refractivity contribution in [3.63, 3.8) is 0 Å². The molecule has 2 atom stereocenters. The van der Waals surface area contributed by atoms with Crippen molar-refractivity contribution in [2.24, 2.45) is 0 Å². The SMILES string of the molecule is O=C(N[C@H]1Cc2ccccc2[C@H]1O)c1ccccc1Oc1nn(Cc2ccccc2)c2ccccc12. The number of aromatic nitrogens is 2. The molecular formula is C30H25N3O3. The van der Waals surface area contributed by atoms with E-state index >= 15 is 0 Å². The summed E-state index contributed by atoms with van der Waals surface area (Å²) >= 11 is 0. The van der Waals surface area contributed by atoms with Crippen LogP contribution in [0.2, 0.25) is 0 Å². The average Bonchev–Trinajstić information content (AvgIpc) is 3.42. The standard InChI is InChI=1S/C30H25N3O3/c34-28-22-13-5-4-12-21(22)18-25(28)31-29(35)24-15-7-9-17-27(24)36-30-23-14-6-8-16-26(23)33(32-30)19-20-10-2-1-3-11-20/h1-17,25,28,34H,18-19H2,(H,31,35)/t25-,28+/m0/s1. The Morgan fingerprint density at radius 3 is 2.50 bits per heavy atom. The number of hydrogen-bond acceptors (Lipinski definition) is 4. The minimum atomic E-state index is -0.740. The molecule has 0 unspecified atom stereocenters. The second-order valence-corrected chi connectivity index (χ2v) is 8.99. The summed E-state index contributed by atoms with van der Waals surface area (Å²) < 4.78 is 8.17. The molecule has 2 N–H and O–H groups in total. The van der Waals surface area contributed by atoms with Crippen LogP contribution in [0.4, 0.5) is 0 Å². The quantitative estimate of drug-likeness (QED) is 0.351. The molecular weight excluding hydrogens is 450 g/mol. The van der Waals surface area contributed by atoms with Crippen LogP contribution in [0.15, 0.2) is 103 Å². The van der Waals surface area contributed by atoms with Crippen LogP contribution in [0.25, 0.3) is 10.9 Å². The van der Waals surface area contributed by atoms with E-state index < -0.39 is 12.1 Å². The minimum Gasteiger partial charge on any atom is -0.436 e. The number of para-hydroxylation sites is 2. The average molecular weight is 476 g/mol. The van der Waals surface area contributed by atoms with E-state index in [1.807, 2.05) is 77.5 Å². The van der Waals surface area contributed by atoms with Crippen LogP contribution in [0.5, 0.6) is 11.6 Å². The molecule has 0 bridgehead atoms. The normalized spacial score (nSPS) is 16.6. The van der Waals surface area contributed by atoms with Crippen molar-refractivity contribution in [2.45, 2.75) is 25.1 Å². The summed E-state index contributed by atoms with van der Waals surface area (Å²) in [7, 11) is 0. The third-order valence-electron chi connectivity index (χ3n) is 6.65. The lowest BCUT2D eigenvalue weighted by Gasteiger charge is -2.18. The molecule has 1 amide bonds. The molecule has 36 heavy (non-hydrogen) atoms. The largest absolute Gasteiger partial charge is 0.436 e. The van der Waals surface area contributed by atoms with Gasteiger partial charge in [-0.2, -0.15) is 0 Å². The first-order valence-corrected chi connectivity index (χ1v) is 12.0. The zero-order valence-electron chi connectivity index (χ0n) is 19.5. The molecule has 6 rings (SSSR count). The maximum absolute atomic E-state index is 13.3. The van der Waals surface area contributed by atoms with E-state index in [2.05, 4.69) is 17.4 Å². The van der Waals surface area contributed by atoms with Gasteiger partial charge in [-0.15, -0.1) is 5.10 Å². The highest BCUT2D eigenvalue weighted by Gasteiger charge is 2.32. The van der Waals surface area contributed by atoms with Gasteiger partial charge in [-0.3, -0.25) is 9.48 Å². The van der Waals surface area contributed by atoms with E-state index in [4.69, 9.17) is 9.84 Å². The molecule has 6 nitrogen and oxygen atoms in total. The minimum absolute atomic E-state index is 0.296. The molecule has 4 aromatic carbocycles. The van der Waals surface area contributed by atoms with Crippen LogP contribution in [-0.2, 0) is 13.0 Å². The molecule has 6 heteroatoms. The van der Waals surface area contributed by atoms with Gasteiger partial charge >= 0.3 is 0 Å². The van der Waals surface area contributed by atoms with Crippen molar-refractivity contribution >= 4 is 16.8 Å². The van der Waals surface area contributed by atoms with Crippen molar-refractivity contribution in [3.8, 4) is 11.6 Å². The number of aliphatic hydroxyl groups is 1. The van der Waals surface area contributed by atoms with Gasteiger partial charge < -0.3 is 15.2 Å². The Kier molecular flexibility index (Phi) is 5.71. The lowest BCUT2D eigenvalue weighted by molar-refractivity contribution is 0.0856. The van der Waals surface area contributed by atoms with Crippen LogP contribution in [0.3, 0.4) is 0 Å². The van der Waals surface area contributed by atoms with Crippen LogP contribution in [-0.4, -0.2) is 26.8 Å². The number of rotatable bonds is 6. The van der Waals surface area contributed by atoms with Crippen LogP contribution in [0, 0.1) is 0 Å². The maximum Gasteiger partial charge on any atom is 0.255 e. The molecule has 1 aromatic heterocycles. The third kappa shape index (κ3) is 4.12. The van der Waals surface area contributed by atoms with Crippen molar-refractivity contribution in [1.29, 1.82) is 0 Å². The number of hydrogen-bond donors (Lipinski definition) is 2. The number of fused-ring (bicyclic) bond motifs is 2. The topological polar surface area (TPSA) is 76.4 Å². The number of nitrogens with one attached hydrogen (secondary N) is 1. The predicted octanol–water partition coefficient (Wildman–Crippen LogP) is 5.27. The van der Waals surface area contributed by atoms with Gasteiger partial charge in [0.1, 0.15) is 5.75 Å². The number of amides is 1. The van der Waals surface area contributed by atoms with E-state index in [1.165, 1.54) is 0 Å². The maximum atomic E-state index is 13.3. The first-order chi connectivity index (χ1) is 17.7. The van der Waals surface area contributed by atoms with Crippen LogP contribution in [0.1, 0.15) is 33.2 Å². The second kappa shape index (κ2) is 9.32. The fourth-order valence-corrected chi connectivity index (χ4v) is 4.85. The molecule has 0 aliphatic heterocycles. The monoisotopic (exact) mass is 475 g/mol. The number of carbonyl (C=O) groups excluding carboxylic acids is 1. The second-order valence-electron chi connectivity index (χ2n) is 8.99. The number of nitrogens with zero attached hydrogens (tertiary/aromatic N) is 2. The summed E-state index contributed by atoms with van der Waals surface area (Å²) in [5, 5.41) is 19.3. The van der Waals surface area contributed by atoms with E-state index in [0.29, 0.717) is 30.2 Å². The van der Waals surface area contributed by atoms with E-state index in [1.54, 1.807) is 18.2 Å². The van der Waals surface area contributed by atoms with Gasteiger partial charge in [-0.1, -0.05) is 78.9 Å². The van der Waals surface area contributed by atoms with Crippen LogP contribution < -0.4 is 10.1 Å². The summed E-state index contributed by atoms with van der Waals surface area (Å²) in [5.74, 6) is 0.556.